The molecule has 1 aliphatic heterocycles. The predicted octanol–water partition coefficient (Wildman–Crippen LogP) is 2.41. The fourth-order valence-electron chi connectivity index (χ4n) is 2.39. The van der Waals surface area contributed by atoms with Gasteiger partial charge in [0.05, 0.1) is 6.10 Å². The minimum absolute atomic E-state index is 0.399. The molecule has 1 fully saturated rings. The minimum Gasteiger partial charge on any atom is -0.380 e. The summed E-state index contributed by atoms with van der Waals surface area (Å²) >= 11 is 0. The van der Waals surface area contributed by atoms with Gasteiger partial charge in [0.2, 0.25) is 0 Å². The monoisotopic (exact) mass is 248 g/mol. The molecule has 3 nitrogen and oxygen atoms in total. The van der Waals surface area contributed by atoms with Crippen molar-refractivity contribution >= 4 is 5.69 Å². The summed E-state index contributed by atoms with van der Waals surface area (Å²) in [6.07, 6.45) is 2.72. The van der Waals surface area contributed by atoms with Crippen molar-refractivity contribution in [2.45, 2.75) is 32.4 Å². The first kappa shape index (κ1) is 13.4. The van der Waals surface area contributed by atoms with Crippen LogP contribution in [0.2, 0.25) is 0 Å². The Hall–Kier alpha value is -1.06. The number of rotatable bonds is 6. The van der Waals surface area contributed by atoms with E-state index in [1.165, 1.54) is 17.7 Å². The molecule has 1 saturated heterocycles. The molecule has 0 amide bonds. The van der Waals surface area contributed by atoms with Crippen LogP contribution in [0, 0.1) is 0 Å². The molecule has 0 aromatic heterocycles. The first-order valence-electron chi connectivity index (χ1n) is 6.91. The fraction of sp³-hybridized carbons (Fsp3) is 0.600. The molecule has 100 valence electrons. The second-order valence-electron chi connectivity index (χ2n) is 4.94. The Morgan fingerprint density at radius 2 is 2.11 bits per heavy atom. The van der Waals surface area contributed by atoms with Gasteiger partial charge in [-0.05, 0) is 37.1 Å². The molecule has 0 bridgehead atoms. The SMILES string of the molecule is CCCNCc1ccc(N2CCC(OC)C2)cc1. The van der Waals surface area contributed by atoms with Crippen molar-refractivity contribution in [2.75, 3.05) is 31.6 Å². The lowest BCUT2D eigenvalue weighted by molar-refractivity contribution is 0.121. The third kappa shape index (κ3) is 3.47. The zero-order chi connectivity index (χ0) is 12.8. The predicted molar refractivity (Wildman–Crippen MR) is 76.1 cm³/mol. The zero-order valence-corrected chi connectivity index (χ0v) is 11.5. The van der Waals surface area contributed by atoms with Crippen molar-refractivity contribution in [1.29, 1.82) is 0 Å². The van der Waals surface area contributed by atoms with Crippen LogP contribution in [-0.4, -0.2) is 32.8 Å². The molecule has 0 saturated carbocycles. The number of methoxy groups -OCH3 is 1. The number of hydrogen-bond acceptors (Lipinski definition) is 3. The van der Waals surface area contributed by atoms with E-state index < -0.39 is 0 Å². The second kappa shape index (κ2) is 6.76. The van der Waals surface area contributed by atoms with Crippen molar-refractivity contribution in [3.05, 3.63) is 29.8 Å². The van der Waals surface area contributed by atoms with Crippen LogP contribution in [0.25, 0.3) is 0 Å². The molecule has 1 aliphatic rings. The maximum absolute atomic E-state index is 5.40. The quantitative estimate of drug-likeness (QED) is 0.782. The normalized spacial score (nSPS) is 19.4. The van der Waals surface area contributed by atoms with Gasteiger partial charge < -0.3 is 15.0 Å². The Labute approximate surface area is 110 Å². The lowest BCUT2D eigenvalue weighted by Crippen LogP contribution is -2.22. The molecule has 1 heterocycles. The number of nitrogens with one attached hydrogen (secondary N) is 1. The van der Waals surface area contributed by atoms with E-state index in [4.69, 9.17) is 4.74 Å². The summed E-state index contributed by atoms with van der Waals surface area (Å²) in [5, 5.41) is 3.42. The van der Waals surface area contributed by atoms with Crippen molar-refractivity contribution in [3.8, 4) is 0 Å². The Morgan fingerprint density at radius 3 is 2.72 bits per heavy atom. The van der Waals surface area contributed by atoms with E-state index in [-0.39, 0.29) is 0 Å². The number of benzene rings is 1. The Kier molecular flexibility index (Phi) is 5.02. The highest BCUT2D eigenvalue weighted by atomic mass is 16.5. The molecule has 1 atom stereocenters. The highest BCUT2D eigenvalue weighted by molar-refractivity contribution is 5.48. The number of anilines is 1. The maximum atomic E-state index is 5.40. The molecular weight excluding hydrogens is 224 g/mol. The van der Waals surface area contributed by atoms with Gasteiger partial charge in [0.25, 0.3) is 0 Å². The van der Waals surface area contributed by atoms with E-state index in [2.05, 4.69) is 41.4 Å². The first-order chi connectivity index (χ1) is 8.83. The van der Waals surface area contributed by atoms with Crippen molar-refractivity contribution in [2.24, 2.45) is 0 Å². The first-order valence-corrected chi connectivity index (χ1v) is 6.91. The van der Waals surface area contributed by atoms with Crippen LogP contribution < -0.4 is 10.2 Å². The minimum atomic E-state index is 0.399. The summed E-state index contributed by atoms with van der Waals surface area (Å²) < 4.78 is 5.40. The van der Waals surface area contributed by atoms with Gasteiger partial charge in [0.1, 0.15) is 0 Å². The summed E-state index contributed by atoms with van der Waals surface area (Å²) in [7, 11) is 1.80. The molecule has 1 aromatic rings. The molecule has 1 unspecified atom stereocenters. The van der Waals surface area contributed by atoms with Crippen molar-refractivity contribution in [1.82, 2.24) is 5.32 Å². The van der Waals surface area contributed by atoms with Crippen LogP contribution >= 0.6 is 0 Å². The molecule has 0 spiro atoms. The second-order valence-corrected chi connectivity index (χ2v) is 4.94. The third-order valence-electron chi connectivity index (χ3n) is 3.54. The topological polar surface area (TPSA) is 24.5 Å². The standard InChI is InChI=1S/C15H24N2O/c1-3-9-16-11-13-4-6-14(7-5-13)17-10-8-15(12-17)18-2/h4-7,15-16H,3,8-12H2,1-2H3. The van der Waals surface area contributed by atoms with E-state index in [1.54, 1.807) is 7.11 Å². The summed E-state index contributed by atoms with van der Waals surface area (Å²) in [5.74, 6) is 0. The number of nitrogens with zero attached hydrogens (tertiary/aromatic N) is 1. The summed E-state index contributed by atoms with van der Waals surface area (Å²) in [6.45, 7) is 6.36. The highest BCUT2D eigenvalue weighted by Crippen LogP contribution is 2.21. The van der Waals surface area contributed by atoms with E-state index in [1.807, 2.05) is 0 Å². The van der Waals surface area contributed by atoms with Crippen LogP contribution in [0.1, 0.15) is 25.3 Å². The zero-order valence-electron chi connectivity index (χ0n) is 11.5. The van der Waals surface area contributed by atoms with Gasteiger partial charge in [0.15, 0.2) is 0 Å². The average molecular weight is 248 g/mol. The van der Waals surface area contributed by atoms with Crippen LogP contribution in [0.4, 0.5) is 5.69 Å². The molecule has 1 aromatic carbocycles. The summed E-state index contributed by atoms with van der Waals surface area (Å²) in [5.41, 5.74) is 2.67. The van der Waals surface area contributed by atoms with Crippen molar-refractivity contribution < 1.29 is 4.74 Å². The van der Waals surface area contributed by atoms with Gasteiger partial charge in [-0.2, -0.15) is 0 Å². The lowest BCUT2D eigenvalue weighted by atomic mass is 10.2. The van der Waals surface area contributed by atoms with Crippen LogP contribution in [0.5, 0.6) is 0 Å². The van der Waals surface area contributed by atoms with Crippen LogP contribution in [0.15, 0.2) is 24.3 Å². The molecule has 0 radical (unpaired) electrons. The number of hydrogen-bond donors (Lipinski definition) is 1. The maximum Gasteiger partial charge on any atom is 0.0762 e. The lowest BCUT2D eigenvalue weighted by Gasteiger charge is -2.18. The Morgan fingerprint density at radius 1 is 1.33 bits per heavy atom. The molecule has 3 heteroatoms. The number of ether oxygens (including phenoxy) is 1. The average Bonchev–Trinajstić information content (AvgIpc) is 2.89. The smallest absolute Gasteiger partial charge is 0.0762 e. The van der Waals surface area contributed by atoms with Gasteiger partial charge in [-0.1, -0.05) is 19.1 Å². The third-order valence-corrected chi connectivity index (χ3v) is 3.54. The molecule has 2 rings (SSSR count). The van der Waals surface area contributed by atoms with Crippen molar-refractivity contribution in [3.63, 3.8) is 0 Å². The highest BCUT2D eigenvalue weighted by Gasteiger charge is 2.21. The largest absolute Gasteiger partial charge is 0.380 e. The van der Waals surface area contributed by atoms with E-state index >= 15 is 0 Å². The summed E-state index contributed by atoms with van der Waals surface area (Å²) in [6, 6.07) is 8.89. The molecule has 18 heavy (non-hydrogen) atoms. The van der Waals surface area contributed by atoms with Gasteiger partial charge in [-0.3, -0.25) is 0 Å². The van der Waals surface area contributed by atoms with Gasteiger partial charge >= 0.3 is 0 Å². The van der Waals surface area contributed by atoms with E-state index in [9.17, 15) is 0 Å². The molecule has 1 N–H and O–H groups in total. The van der Waals surface area contributed by atoms with E-state index in [0.717, 1.165) is 32.6 Å². The van der Waals surface area contributed by atoms with E-state index in [0.29, 0.717) is 6.10 Å². The van der Waals surface area contributed by atoms with Crippen LogP contribution in [-0.2, 0) is 11.3 Å². The molecule has 0 aliphatic carbocycles. The Bertz CT molecular complexity index is 350. The Balaban J connectivity index is 1.87. The fourth-order valence-corrected chi connectivity index (χ4v) is 2.39. The summed E-state index contributed by atoms with van der Waals surface area (Å²) in [4.78, 5) is 2.40. The van der Waals surface area contributed by atoms with Gasteiger partial charge in [-0.15, -0.1) is 0 Å². The van der Waals surface area contributed by atoms with Crippen LogP contribution in [0.3, 0.4) is 0 Å². The van der Waals surface area contributed by atoms with Gasteiger partial charge in [0, 0.05) is 32.4 Å². The van der Waals surface area contributed by atoms with Gasteiger partial charge in [-0.25, -0.2) is 0 Å². The molecular formula is C15H24N2O.